The molecule has 0 bridgehead atoms. The first-order chi connectivity index (χ1) is 17.5. The zero-order valence-electron chi connectivity index (χ0n) is 20.9. The summed E-state index contributed by atoms with van der Waals surface area (Å²) in [6.45, 7) is 14.3. The van der Waals surface area contributed by atoms with Gasteiger partial charge in [0.05, 0.1) is 5.92 Å². The van der Waals surface area contributed by atoms with E-state index >= 15 is 0 Å². The molecule has 16 heteroatoms. The van der Waals surface area contributed by atoms with Gasteiger partial charge in [-0.25, -0.2) is 9.59 Å². The summed E-state index contributed by atoms with van der Waals surface area (Å²) in [4.78, 5) is 32.6. The molecule has 0 radical (unpaired) electrons. The summed E-state index contributed by atoms with van der Waals surface area (Å²) in [7, 11) is 0. The van der Waals surface area contributed by atoms with E-state index in [0.717, 1.165) is 45.8 Å². The van der Waals surface area contributed by atoms with E-state index in [-0.39, 0.29) is 6.10 Å². The largest absolute Gasteiger partial charge is 0.490 e. The van der Waals surface area contributed by atoms with Gasteiger partial charge >= 0.3 is 24.3 Å². The fraction of sp³-hybridized carbons (Fsp3) is 0.682. The molecule has 1 aromatic rings. The number of carboxylic acid groups (broad SMARTS) is 2. The van der Waals surface area contributed by atoms with Crippen molar-refractivity contribution in [3.63, 3.8) is 0 Å². The van der Waals surface area contributed by atoms with Gasteiger partial charge in [0.15, 0.2) is 11.9 Å². The van der Waals surface area contributed by atoms with Crippen LogP contribution in [0.5, 0.6) is 0 Å². The lowest BCUT2D eigenvalue weighted by atomic mass is 10.0. The van der Waals surface area contributed by atoms with Gasteiger partial charge in [-0.1, -0.05) is 5.16 Å². The van der Waals surface area contributed by atoms with E-state index < -0.39 is 24.3 Å². The molecule has 0 spiro atoms. The van der Waals surface area contributed by atoms with Crippen molar-refractivity contribution < 1.29 is 51.0 Å². The molecule has 38 heavy (non-hydrogen) atoms. The number of oxime groups is 1. The van der Waals surface area contributed by atoms with Gasteiger partial charge in [0.25, 0.3) is 0 Å². The van der Waals surface area contributed by atoms with Crippen LogP contribution in [0.25, 0.3) is 0 Å². The third-order valence-electron chi connectivity index (χ3n) is 6.15. The number of halogens is 6. The highest BCUT2D eigenvalue weighted by Crippen LogP contribution is 2.30. The number of aryl methyl sites for hydroxylation is 1. The molecule has 216 valence electrons. The molecule has 3 aliphatic heterocycles. The minimum atomic E-state index is -5.08. The first-order valence-electron chi connectivity index (χ1n) is 11.6. The topological polar surface area (TPSA) is 106 Å². The summed E-state index contributed by atoms with van der Waals surface area (Å²) < 4.78 is 63.5. The lowest BCUT2D eigenvalue weighted by Crippen LogP contribution is -2.50. The summed E-state index contributed by atoms with van der Waals surface area (Å²) in [6.07, 6.45) is -9.89. The second kappa shape index (κ2) is 13.0. The van der Waals surface area contributed by atoms with E-state index in [2.05, 4.69) is 52.1 Å². The van der Waals surface area contributed by atoms with Gasteiger partial charge in [-0.05, 0) is 37.8 Å². The van der Waals surface area contributed by atoms with Crippen LogP contribution in [-0.2, 0) is 21.0 Å². The van der Waals surface area contributed by atoms with Crippen molar-refractivity contribution in [2.75, 3.05) is 39.3 Å². The van der Waals surface area contributed by atoms with Gasteiger partial charge in [0.1, 0.15) is 0 Å². The predicted molar refractivity (Wildman–Crippen MR) is 126 cm³/mol. The van der Waals surface area contributed by atoms with Crippen LogP contribution in [-0.4, -0.2) is 106 Å². The Hall–Kier alpha value is -2.59. The van der Waals surface area contributed by atoms with Gasteiger partial charge < -0.3 is 20.0 Å². The Labute approximate surface area is 219 Å². The van der Waals surface area contributed by atoms with Crippen LogP contribution in [0.3, 0.4) is 0 Å². The third-order valence-corrected chi connectivity index (χ3v) is 7.16. The highest BCUT2D eigenvalue weighted by molar-refractivity contribution is 7.10. The number of carboxylic acids is 2. The van der Waals surface area contributed by atoms with Gasteiger partial charge in [-0.2, -0.15) is 26.3 Å². The summed E-state index contributed by atoms with van der Waals surface area (Å²) in [5.41, 5.74) is 1.43. The molecule has 0 aromatic carbocycles. The molecule has 0 saturated carbocycles. The van der Waals surface area contributed by atoms with Crippen LogP contribution >= 0.6 is 11.3 Å². The van der Waals surface area contributed by atoms with Crippen molar-refractivity contribution in [2.24, 2.45) is 11.1 Å². The molecular formula is C22H30F6N4O5S. The molecule has 2 fully saturated rings. The SMILES string of the molecule is Cc1ccsc1CN1CCN(C2=NOC3CN(C(C)C)CC23)CC1.O=C(O)C(F)(F)F.O=C(O)C(F)(F)F. The second-order valence-corrected chi connectivity index (χ2v) is 10.1. The quantitative estimate of drug-likeness (QED) is 0.527. The highest BCUT2D eigenvalue weighted by Gasteiger charge is 2.45. The summed E-state index contributed by atoms with van der Waals surface area (Å²) in [5, 5.41) is 20.9. The van der Waals surface area contributed by atoms with Crippen molar-refractivity contribution >= 4 is 29.1 Å². The number of aliphatic carboxylic acids is 2. The van der Waals surface area contributed by atoms with Crippen molar-refractivity contribution in [3.05, 3.63) is 21.9 Å². The average molecular weight is 577 g/mol. The number of hydrogen-bond donors (Lipinski definition) is 2. The van der Waals surface area contributed by atoms with Gasteiger partial charge in [0.2, 0.25) is 0 Å². The smallest absolute Gasteiger partial charge is 0.475 e. The van der Waals surface area contributed by atoms with Crippen LogP contribution in [0.1, 0.15) is 24.3 Å². The van der Waals surface area contributed by atoms with Crippen LogP contribution < -0.4 is 0 Å². The van der Waals surface area contributed by atoms with E-state index in [9.17, 15) is 26.3 Å². The lowest BCUT2D eigenvalue weighted by molar-refractivity contribution is -0.193. The molecule has 2 saturated heterocycles. The van der Waals surface area contributed by atoms with Crippen molar-refractivity contribution in [1.29, 1.82) is 0 Å². The Morgan fingerprint density at radius 1 is 1.05 bits per heavy atom. The number of rotatable bonds is 3. The average Bonchev–Trinajstić information content (AvgIpc) is 3.50. The number of likely N-dealkylation sites (tertiary alicyclic amines) is 1. The number of fused-ring (bicyclic) bond motifs is 1. The molecule has 2 atom stereocenters. The Morgan fingerprint density at radius 2 is 1.58 bits per heavy atom. The minimum Gasteiger partial charge on any atom is -0.475 e. The number of thiophene rings is 1. The van der Waals surface area contributed by atoms with Crippen LogP contribution in [0.2, 0.25) is 0 Å². The lowest BCUT2D eigenvalue weighted by Gasteiger charge is -2.36. The van der Waals surface area contributed by atoms with Crippen LogP contribution in [0.4, 0.5) is 26.3 Å². The number of alkyl halides is 6. The number of piperazine rings is 1. The Bertz CT molecular complexity index is 952. The maximum Gasteiger partial charge on any atom is 0.490 e. The molecule has 2 N–H and O–H groups in total. The van der Waals surface area contributed by atoms with Crippen LogP contribution in [0, 0.1) is 12.8 Å². The van der Waals surface area contributed by atoms with Gasteiger partial charge in [0, 0.05) is 56.7 Å². The van der Waals surface area contributed by atoms with E-state index in [1.54, 1.807) is 0 Å². The molecule has 3 aliphatic rings. The molecular weight excluding hydrogens is 546 g/mol. The second-order valence-electron chi connectivity index (χ2n) is 9.14. The third kappa shape index (κ3) is 9.01. The van der Waals surface area contributed by atoms with Crippen molar-refractivity contribution in [1.82, 2.24) is 14.7 Å². The van der Waals surface area contributed by atoms with E-state index in [1.165, 1.54) is 16.3 Å². The number of carbonyl (C=O) groups is 2. The summed E-state index contributed by atoms with van der Waals surface area (Å²) in [5.74, 6) is -3.84. The Morgan fingerprint density at radius 3 is 2.00 bits per heavy atom. The number of amidine groups is 1. The standard InChI is InChI=1S/C18H28N4OS.2C2HF3O2/c1-13(2)22-10-15-16(11-22)23-19-18(15)21-7-5-20(6-8-21)12-17-14(3)4-9-24-17;2*3-2(4,5)1(6)7/h4,9,13,15-16H,5-8,10-12H2,1-3H3;2*(H,6,7). The fourth-order valence-electron chi connectivity index (χ4n) is 3.97. The van der Waals surface area contributed by atoms with E-state index in [4.69, 9.17) is 24.6 Å². The highest BCUT2D eigenvalue weighted by atomic mass is 32.1. The molecule has 4 heterocycles. The van der Waals surface area contributed by atoms with Crippen molar-refractivity contribution in [2.45, 2.75) is 51.8 Å². The maximum atomic E-state index is 10.6. The number of nitrogens with zero attached hydrogens (tertiary/aromatic N) is 4. The summed E-state index contributed by atoms with van der Waals surface area (Å²) >= 11 is 1.88. The first-order valence-corrected chi connectivity index (χ1v) is 12.5. The fourth-order valence-corrected chi connectivity index (χ4v) is 4.91. The zero-order valence-corrected chi connectivity index (χ0v) is 21.7. The van der Waals surface area contributed by atoms with E-state index in [0.29, 0.717) is 12.0 Å². The van der Waals surface area contributed by atoms with Gasteiger partial charge in [-0.15, -0.1) is 11.3 Å². The molecule has 9 nitrogen and oxygen atoms in total. The van der Waals surface area contributed by atoms with Crippen molar-refractivity contribution in [3.8, 4) is 0 Å². The van der Waals surface area contributed by atoms with E-state index in [1.807, 2.05) is 11.3 Å². The predicted octanol–water partition coefficient (Wildman–Crippen LogP) is 3.49. The normalized spacial score (nSPS) is 22.1. The zero-order chi connectivity index (χ0) is 28.8. The minimum absolute atomic E-state index is 0.272. The molecule has 0 aliphatic carbocycles. The molecule has 1 aromatic heterocycles. The Balaban J connectivity index is 0.000000301. The first kappa shape index (κ1) is 31.6. The molecule has 4 rings (SSSR count). The monoisotopic (exact) mass is 576 g/mol. The number of hydrogen-bond acceptors (Lipinski definition) is 8. The summed E-state index contributed by atoms with van der Waals surface area (Å²) in [6, 6.07) is 2.81. The molecule has 0 amide bonds. The van der Waals surface area contributed by atoms with Crippen LogP contribution in [0.15, 0.2) is 16.6 Å². The Kier molecular flexibility index (Phi) is 10.8. The maximum absolute atomic E-state index is 10.6. The van der Waals surface area contributed by atoms with Gasteiger partial charge in [-0.3, -0.25) is 9.80 Å². The molecule has 2 unspecified atom stereocenters.